The van der Waals surface area contributed by atoms with Crippen LogP contribution in [0.4, 0.5) is 11.7 Å². The van der Waals surface area contributed by atoms with E-state index in [1.165, 1.54) is 0 Å². The first kappa shape index (κ1) is 29.1. The lowest BCUT2D eigenvalue weighted by Crippen LogP contribution is -2.40. The minimum Gasteiger partial charge on any atom is -0.491 e. The van der Waals surface area contributed by atoms with Gasteiger partial charge in [0.2, 0.25) is 5.91 Å². The third-order valence-electron chi connectivity index (χ3n) is 8.37. The van der Waals surface area contributed by atoms with Crippen molar-refractivity contribution in [2.45, 2.75) is 31.9 Å². The second kappa shape index (κ2) is 12.8. The summed E-state index contributed by atoms with van der Waals surface area (Å²) in [6, 6.07) is 35.0. The Morgan fingerprint density at radius 2 is 1.72 bits per heavy atom. The number of aldehydes is 1. The number of amides is 1. The SMILES string of the molecule is Cc1ccccc1Nc1nc2ccc(CC(=O)N3C[C@@H](Oc4ccc5ccccc5c4)C[C@H]3COc3ccc(C=O)cc3)cc2o1. The van der Waals surface area contributed by atoms with E-state index < -0.39 is 0 Å². The Kier molecular flexibility index (Phi) is 8.08. The normalized spacial score (nSPS) is 16.1. The topological polar surface area (TPSA) is 93.9 Å². The van der Waals surface area contributed by atoms with Gasteiger partial charge in [0.25, 0.3) is 6.01 Å². The van der Waals surface area contributed by atoms with Crippen LogP contribution < -0.4 is 14.8 Å². The monoisotopic (exact) mass is 611 g/mol. The van der Waals surface area contributed by atoms with Gasteiger partial charge in [-0.15, -0.1) is 0 Å². The molecule has 0 saturated carbocycles. The number of ether oxygens (including phenoxy) is 2. The first-order valence-electron chi connectivity index (χ1n) is 15.4. The maximum atomic E-state index is 13.8. The fraction of sp³-hybridized carbons (Fsp3) is 0.184. The molecule has 1 aromatic heterocycles. The van der Waals surface area contributed by atoms with Crippen LogP contribution >= 0.6 is 0 Å². The van der Waals surface area contributed by atoms with Crippen LogP contribution in [0.25, 0.3) is 21.9 Å². The van der Waals surface area contributed by atoms with Crippen molar-refractivity contribution in [2.75, 3.05) is 18.5 Å². The van der Waals surface area contributed by atoms with Crippen LogP contribution in [0.1, 0.15) is 27.9 Å². The quantitative estimate of drug-likeness (QED) is 0.160. The molecule has 0 radical (unpaired) electrons. The first-order valence-corrected chi connectivity index (χ1v) is 15.4. The summed E-state index contributed by atoms with van der Waals surface area (Å²) in [5.41, 5.74) is 4.74. The summed E-state index contributed by atoms with van der Waals surface area (Å²) in [4.78, 5) is 31.3. The molecule has 5 aromatic carbocycles. The zero-order chi connectivity index (χ0) is 31.5. The van der Waals surface area contributed by atoms with Crippen LogP contribution in [0.2, 0.25) is 0 Å². The van der Waals surface area contributed by atoms with E-state index in [9.17, 15) is 9.59 Å². The molecule has 8 heteroatoms. The van der Waals surface area contributed by atoms with Crippen LogP contribution in [0.15, 0.2) is 114 Å². The van der Waals surface area contributed by atoms with Crippen molar-refractivity contribution < 1.29 is 23.5 Å². The highest BCUT2D eigenvalue weighted by atomic mass is 16.5. The molecule has 2 heterocycles. The molecular weight excluding hydrogens is 578 g/mol. The number of aromatic nitrogens is 1. The molecule has 1 saturated heterocycles. The van der Waals surface area contributed by atoms with Gasteiger partial charge < -0.3 is 24.1 Å². The standard InChI is InChI=1S/C38H33N3O5/c1-25-6-2-5-9-34(25)39-38-40-35-17-12-27(18-36(35)46-38)19-37(43)41-22-33(45-32-16-13-28-7-3-4-8-29(28)20-32)21-30(41)24-44-31-14-10-26(23-42)11-15-31/h2-18,20,23,30,33H,19,21-22,24H2,1H3,(H,39,40)/t30-,33-/m0/s1. The predicted octanol–water partition coefficient (Wildman–Crippen LogP) is 7.52. The van der Waals surface area contributed by atoms with E-state index in [4.69, 9.17) is 13.9 Å². The molecule has 7 rings (SSSR count). The summed E-state index contributed by atoms with van der Waals surface area (Å²) in [6.07, 6.45) is 1.43. The fourth-order valence-electron chi connectivity index (χ4n) is 5.93. The average Bonchev–Trinajstić information content (AvgIpc) is 3.68. The molecular formula is C38H33N3O5. The molecule has 1 aliphatic rings. The molecule has 0 aliphatic carbocycles. The minimum atomic E-state index is -0.192. The van der Waals surface area contributed by atoms with Gasteiger partial charge in [0, 0.05) is 17.7 Å². The van der Waals surface area contributed by atoms with E-state index in [1.807, 2.05) is 84.6 Å². The molecule has 0 spiro atoms. The van der Waals surface area contributed by atoms with Crippen molar-refractivity contribution in [3.63, 3.8) is 0 Å². The molecule has 2 atom stereocenters. The molecule has 46 heavy (non-hydrogen) atoms. The number of aryl methyl sites for hydroxylation is 1. The number of rotatable bonds is 10. The van der Waals surface area contributed by atoms with E-state index >= 15 is 0 Å². The number of likely N-dealkylation sites (tertiary alicyclic amines) is 1. The molecule has 8 nitrogen and oxygen atoms in total. The van der Waals surface area contributed by atoms with Gasteiger partial charge in [-0.2, -0.15) is 4.98 Å². The molecule has 1 aliphatic heterocycles. The Labute approximate surface area is 266 Å². The maximum absolute atomic E-state index is 13.8. The summed E-state index contributed by atoms with van der Waals surface area (Å²) in [5, 5.41) is 5.49. The fourth-order valence-corrected chi connectivity index (χ4v) is 5.93. The lowest BCUT2D eigenvalue weighted by Gasteiger charge is -2.24. The third kappa shape index (κ3) is 6.42. The molecule has 1 N–H and O–H groups in total. The van der Waals surface area contributed by atoms with E-state index in [0.717, 1.165) is 39.6 Å². The second-order valence-corrected chi connectivity index (χ2v) is 11.6. The number of hydrogen-bond donors (Lipinski definition) is 1. The highest BCUT2D eigenvalue weighted by molar-refractivity contribution is 5.84. The smallest absolute Gasteiger partial charge is 0.300 e. The van der Waals surface area contributed by atoms with Crippen molar-refractivity contribution in [1.82, 2.24) is 9.88 Å². The van der Waals surface area contributed by atoms with Crippen LogP contribution in [0.3, 0.4) is 0 Å². The van der Waals surface area contributed by atoms with Gasteiger partial charge in [-0.1, -0.05) is 54.6 Å². The molecule has 1 amide bonds. The van der Waals surface area contributed by atoms with Gasteiger partial charge >= 0.3 is 0 Å². The number of para-hydroxylation sites is 1. The van der Waals surface area contributed by atoms with Crippen molar-refractivity contribution in [3.8, 4) is 11.5 Å². The molecule has 0 unspecified atom stereocenters. The number of nitrogens with one attached hydrogen (secondary N) is 1. The number of benzene rings is 5. The summed E-state index contributed by atoms with van der Waals surface area (Å²) in [5.74, 6) is 1.39. The summed E-state index contributed by atoms with van der Waals surface area (Å²) < 4.78 is 18.5. The zero-order valence-corrected chi connectivity index (χ0v) is 25.4. The number of carbonyl (C=O) groups excluding carboxylic acids is 2. The highest BCUT2D eigenvalue weighted by Gasteiger charge is 2.37. The lowest BCUT2D eigenvalue weighted by atomic mass is 10.1. The number of hydrogen-bond acceptors (Lipinski definition) is 7. The number of nitrogens with zero attached hydrogens (tertiary/aromatic N) is 2. The zero-order valence-electron chi connectivity index (χ0n) is 25.4. The molecule has 1 fully saturated rings. The van der Waals surface area contributed by atoms with Gasteiger partial charge in [-0.05, 0) is 83.4 Å². The Morgan fingerprint density at radius 1 is 0.935 bits per heavy atom. The summed E-state index contributed by atoms with van der Waals surface area (Å²) in [7, 11) is 0. The van der Waals surface area contributed by atoms with Gasteiger partial charge in [-0.3, -0.25) is 9.59 Å². The van der Waals surface area contributed by atoms with Crippen LogP contribution in [-0.4, -0.2) is 47.4 Å². The minimum absolute atomic E-state index is 0.0216. The molecule has 6 aromatic rings. The predicted molar refractivity (Wildman–Crippen MR) is 178 cm³/mol. The van der Waals surface area contributed by atoms with Gasteiger partial charge in [0.1, 0.15) is 36.0 Å². The molecule has 0 bridgehead atoms. The maximum Gasteiger partial charge on any atom is 0.300 e. The number of fused-ring (bicyclic) bond motifs is 2. The number of carbonyl (C=O) groups is 2. The van der Waals surface area contributed by atoms with E-state index in [1.54, 1.807) is 24.3 Å². The van der Waals surface area contributed by atoms with E-state index in [-0.39, 0.29) is 24.5 Å². The van der Waals surface area contributed by atoms with Crippen LogP contribution in [0, 0.1) is 6.92 Å². The Balaban J connectivity index is 1.07. The largest absolute Gasteiger partial charge is 0.491 e. The van der Waals surface area contributed by atoms with Gasteiger partial charge in [0.05, 0.1) is 19.0 Å². The van der Waals surface area contributed by atoms with Crippen molar-refractivity contribution in [1.29, 1.82) is 0 Å². The van der Waals surface area contributed by atoms with Crippen molar-refractivity contribution >= 4 is 45.8 Å². The van der Waals surface area contributed by atoms with Crippen molar-refractivity contribution in [3.05, 3.63) is 126 Å². The van der Waals surface area contributed by atoms with Crippen molar-refractivity contribution in [2.24, 2.45) is 0 Å². The first-order chi connectivity index (χ1) is 22.5. The van der Waals surface area contributed by atoms with Gasteiger partial charge in [0.15, 0.2) is 5.58 Å². The van der Waals surface area contributed by atoms with E-state index in [0.29, 0.717) is 48.0 Å². The third-order valence-corrected chi connectivity index (χ3v) is 8.37. The summed E-state index contributed by atoms with van der Waals surface area (Å²) >= 11 is 0. The molecule has 230 valence electrons. The second-order valence-electron chi connectivity index (χ2n) is 11.6. The van der Waals surface area contributed by atoms with Crippen LogP contribution in [-0.2, 0) is 11.2 Å². The number of oxazole rings is 1. The Hall–Kier alpha value is -5.63. The average molecular weight is 612 g/mol. The van der Waals surface area contributed by atoms with Gasteiger partial charge in [-0.25, -0.2) is 0 Å². The summed E-state index contributed by atoms with van der Waals surface area (Å²) in [6.45, 7) is 2.77. The lowest BCUT2D eigenvalue weighted by molar-refractivity contribution is -0.132. The van der Waals surface area contributed by atoms with E-state index in [2.05, 4.69) is 22.4 Å². The van der Waals surface area contributed by atoms with Crippen LogP contribution in [0.5, 0.6) is 11.5 Å². The Morgan fingerprint density at radius 3 is 2.54 bits per heavy atom. The number of anilines is 2. The Bertz CT molecular complexity index is 2020. The highest BCUT2D eigenvalue weighted by Crippen LogP contribution is 2.29.